The molecule has 0 bridgehead atoms. The van der Waals surface area contributed by atoms with E-state index in [0.29, 0.717) is 5.95 Å². The van der Waals surface area contributed by atoms with Crippen LogP contribution in [0.3, 0.4) is 0 Å². The summed E-state index contributed by atoms with van der Waals surface area (Å²) in [7, 11) is 0. The maximum Gasteiger partial charge on any atom is 0.235 e. The summed E-state index contributed by atoms with van der Waals surface area (Å²) in [6.45, 7) is 2.07. The highest BCUT2D eigenvalue weighted by Crippen LogP contribution is 2.42. The Labute approximate surface area is 270 Å². The van der Waals surface area contributed by atoms with Crippen LogP contribution in [0, 0.1) is 6.92 Å². The standard InChI is InChI=1S/C43H28N4/c1-27-30-15-7-10-20-38(30)45-43(44-27)47-40-22-12-8-17-32(40)36-25-28(23-24-41(36)47)35-26-37-33-18-9-11-21-39(33)46(29-13-3-2-4-14-29)42(37)34-19-6-5-16-31(34)35/h2-26H,1H3. The van der Waals surface area contributed by atoms with E-state index in [-0.39, 0.29) is 0 Å². The molecule has 4 heteroatoms. The lowest BCUT2D eigenvalue weighted by Crippen LogP contribution is -2.03. The number of hydrogen-bond donors (Lipinski definition) is 0. The SMILES string of the molecule is Cc1nc(-n2c3ccccc3c3cc(-c4cc5c6ccccc6n(-c6ccccc6)c5c5ccccc45)ccc32)nc2ccccc12. The summed E-state index contributed by atoms with van der Waals surface area (Å²) in [6.07, 6.45) is 0. The van der Waals surface area contributed by atoms with Crippen molar-refractivity contribution < 1.29 is 0 Å². The first kappa shape index (κ1) is 26.0. The van der Waals surface area contributed by atoms with Crippen molar-refractivity contribution in [1.82, 2.24) is 19.1 Å². The molecule has 0 saturated carbocycles. The molecule has 0 aliphatic heterocycles. The normalized spacial score (nSPS) is 11.9. The minimum atomic E-state index is 0.695. The molecule has 0 radical (unpaired) electrons. The summed E-state index contributed by atoms with van der Waals surface area (Å²) in [5.41, 5.74) is 10.1. The molecule has 3 heterocycles. The molecule has 0 aliphatic carbocycles. The molecule has 7 aromatic carbocycles. The fourth-order valence-corrected chi connectivity index (χ4v) is 7.58. The predicted molar refractivity (Wildman–Crippen MR) is 196 cm³/mol. The Morgan fingerprint density at radius 3 is 1.81 bits per heavy atom. The first-order valence-corrected chi connectivity index (χ1v) is 16.0. The lowest BCUT2D eigenvalue weighted by atomic mass is 9.94. The van der Waals surface area contributed by atoms with Crippen LogP contribution < -0.4 is 0 Å². The third kappa shape index (κ3) is 3.76. The van der Waals surface area contributed by atoms with Crippen molar-refractivity contribution in [1.29, 1.82) is 0 Å². The molecule has 0 atom stereocenters. The highest BCUT2D eigenvalue weighted by molar-refractivity contribution is 6.22. The van der Waals surface area contributed by atoms with Crippen LogP contribution in [0.25, 0.3) is 88.0 Å². The van der Waals surface area contributed by atoms with E-state index in [4.69, 9.17) is 9.97 Å². The number of fused-ring (bicyclic) bond motifs is 9. The van der Waals surface area contributed by atoms with Crippen molar-refractivity contribution in [2.24, 2.45) is 0 Å². The van der Waals surface area contributed by atoms with Crippen molar-refractivity contribution in [3.63, 3.8) is 0 Å². The molecule has 0 fully saturated rings. The van der Waals surface area contributed by atoms with Gasteiger partial charge in [-0.25, -0.2) is 9.97 Å². The van der Waals surface area contributed by atoms with Crippen molar-refractivity contribution in [2.75, 3.05) is 0 Å². The van der Waals surface area contributed by atoms with Gasteiger partial charge in [-0.05, 0) is 72.0 Å². The quantitative estimate of drug-likeness (QED) is 0.202. The van der Waals surface area contributed by atoms with Crippen LogP contribution in [0.5, 0.6) is 0 Å². The molecule has 0 unspecified atom stereocenters. The number of para-hydroxylation sites is 4. The van der Waals surface area contributed by atoms with Crippen molar-refractivity contribution in [2.45, 2.75) is 6.92 Å². The van der Waals surface area contributed by atoms with Gasteiger partial charge in [0.1, 0.15) is 0 Å². The molecule has 0 aliphatic rings. The molecule has 10 aromatic rings. The third-order valence-electron chi connectivity index (χ3n) is 9.65. The van der Waals surface area contributed by atoms with E-state index in [0.717, 1.165) is 33.3 Å². The molecular weight excluding hydrogens is 573 g/mol. The maximum atomic E-state index is 5.04. The van der Waals surface area contributed by atoms with Gasteiger partial charge in [0.2, 0.25) is 5.95 Å². The molecule has 0 N–H and O–H groups in total. The number of hydrogen-bond acceptors (Lipinski definition) is 2. The average Bonchev–Trinajstić information content (AvgIpc) is 3.64. The van der Waals surface area contributed by atoms with E-state index in [2.05, 4.69) is 156 Å². The minimum Gasteiger partial charge on any atom is -0.309 e. The fraction of sp³-hybridized carbons (Fsp3) is 0.0233. The largest absolute Gasteiger partial charge is 0.309 e. The van der Waals surface area contributed by atoms with Gasteiger partial charge >= 0.3 is 0 Å². The van der Waals surface area contributed by atoms with Crippen LogP contribution in [-0.4, -0.2) is 19.1 Å². The van der Waals surface area contributed by atoms with Gasteiger partial charge < -0.3 is 4.57 Å². The smallest absolute Gasteiger partial charge is 0.235 e. The van der Waals surface area contributed by atoms with Gasteiger partial charge in [-0.15, -0.1) is 0 Å². The predicted octanol–water partition coefficient (Wildman–Crippen LogP) is 11.0. The summed E-state index contributed by atoms with van der Waals surface area (Å²) < 4.78 is 4.63. The molecule has 220 valence electrons. The van der Waals surface area contributed by atoms with Gasteiger partial charge in [0.05, 0.1) is 33.3 Å². The Kier molecular flexibility index (Phi) is 5.46. The maximum absolute atomic E-state index is 5.04. The molecule has 3 aromatic heterocycles. The lowest BCUT2D eigenvalue weighted by molar-refractivity contribution is 0.989. The van der Waals surface area contributed by atoms with Gasteiger partial charge in [0, 0.05) is 38.0 Å². The number of benzene rings is 7. The van der Waals surface area contributed by atoms with E-state index >= 15 is 0 Å². The van der Waals surface area contributed by atoms with Crippen LogP contribution in [0.1, 0.15) is 5.69 Å². The molecule has 0 spiro atoms. The first-order chi connectivity index (χ1) is 23.2. The molecule has 0 saturated heterocycles. The van der Waals surface area contributed by atoms with E-state index in [9.17, 15) is 0 Å². The van der Waals surface area contributed by atoms with Gasteiger partial charge in [-0.1, -0.05) is 103 Å². The summed E-state index contributed by atoms with van der Waals surface area (Å²) in [6, 6.07) is 54.3. The summed E-state index contributed by atoms with van der Waals surface area (Å²) in [5, 5.41) is 8.42. The Hall–Kier alpha value is -6.26. The van der Waals surface area contributed by atoms with Crippen LogP contribution in [0.15, 0.2) is 152 Å². The molecule has 47 heavy (non-hydrogen) atoms. The summed E-state index contributed by atoms with van der Waals surface area (Å²) in [4.78, 5) is 10.0. The second kappa shape index (κ2) is 9.87. The Morgan fingerprint density at radius 1 is 0.426 bits per heavy atom. The van der Waals surface area contributed by atoms with Crippen LogP contribution in [0.2, 0.25) is 0 Å². The summed E-state index contributed by atoms with van der Waals surface area (Å²) in [5.74, 6) is 0.695. The number of aryl methyl sites for hydroxylation is 1. The molecule has 10 rings (SSSR count). The molecule has 4 nitrogen and oxygen atoms in total. The minimum absolute atomic E-state index is 0.695. The molecular formula is C43H28N4. The molecule has 0 amide bonds. The highest BCUT2D eigenvalue weighted by Gasteiger charge is 2.20. The summed E-state index contributed by atoms with van der Waals surface area (Å²) >= 11 is 0. The Balaban J connectivity index is 1.27. The van der Waals surface area contributed by atoms with Crippen molar-refractivity contribution >= 4 is 65.3 Å². The van der Waals surface area contributed by atoms with Gasteiger partial charge in [-0.3, -0.25) is 4.57 Å². The average molecular weight is 601 g/mol. The van der Waals surface area contributed by atoms with Crippen LogP contribution in [0.4, 0.5) is 0 Å². The number of rotatable bonds is 3. The van der Waals surface area contributed by atoms with Gasteiger partial charge in [0.15, 0.2) is 0 Å². The number of aromatic nitrogens is 4. The number of nitrogens with zero attached hydrogens (tertiary/aromatic N) is 4. The van der Waals surface area contributed by atoms with Gasteiger partial charge in [-0.2, -0.15) is 0 Å². The second-order valence-corrected chi connectivity index (χ2v) is 12.3. The van der Waals surface area contributed by atoms with E-state index in [1.807, 2.05) is 12.1 Å². The third-order valence-corrected chi connectivity index (χ3v) is 9.65. The fourth-order valence-electron chi connectivity index (χ4n) is 7.58. The zero-order chi connectivity index (χ0) is 31.1. The first-order valence-electron chi connectivity index (χ1n) is 16.0. The Morgan fingerprint density at radius 2 is 1.02 bits per heavy atom. The van der Waals surface area contributed by atoms with Crippen molar-refractivity contribution in [3.8, 4) is 22.8 Å². The monoisotopic (exact) mass is 600 g/mol. The van der Waals surface area contributed by atoms with Gasteiger partial charge in [0.25, 0.3) is 0 Å². The van der Waals surface area contributed by atoms with E-state index in [1.54, 1.807) is 0 Å². The van der Waals surface area contributed by atoms with E-state index in [1.165, 1.54) is 54.5 Å². The zero-order valence-corrected chi connectivity index (χ0v) is 25.7. The lowest BCUT2D eigenvalue weighted by Gasteiger charge is -2.13. The Bertz CT molecular complexity index is 2860. The van der Waals surface area contributed by atoms with E-state index < -0.39 is 0 Å². The van der Waals surface area contributed by atoms with Crippen LogP contribution in [-0.2, 0) is 0 Å². The second-order valence-electron chi connectivity index (χ2n) is 12.3. The highest BCUT2D eigenvalue weighted by atomic mass is 15.2. The zero-order valence-electron chi connectivity index (χ0n) is 25.7. The topological polar surface area (TPSA) is 35.6 Å². The van der Waals surface area contributed by atoms with Crippen molar-refractivity contribution in [3.05, 3.63) is 157 Å². The van der Waals surface area contributed by atoms with Crippen LogP contribution >= 0.6 is 0 Å².